The summed E-state index contributed by atoms with van der Waals surface area (Å²) in [7, 11) is 4.39. The summed E-state index contributed by atoms with van der Waals surface area (Å²) in [6.45, 7) is 0. The molecule has 0 bridgehead atoms. The molecule has 34 heavy (non-hydrogen) atoms. The van der Waals surface area contributed by atoms with E-state index in [2.05, 4.69) is 0 Å². The highest BCUT2D eigenvalue weighted by Crippen LogP contribution is 2.45. The van der Waals surface area contributed by atoms with Crippen LogP contribution in [0.3, 0.4) is 0 Å². The molecule has 1 atom stereocenters. The Balaban J connectivity index is 1.97. The van der Waals surface area contributed by atoms with Crippen LogP contribution >= 0.6 is 11.6 Å². The van der Waals surface area contributed by atoms with Crippen molar-refractivity contribution < 1.29 is 28.9 Å². The predicted octanol–water partition coefficient (Wildman–Crippen LogP) is 4.99. The van der Waals surface area contributed by atoms with Gasteiger partial charge in [0.15, 0.2) is 0 Å². The van der Waals surface area contributed by atoms with Gasteiger partial charge in [0.1, 0.15) is 23.0 Å². The molecule has 7 nitrogen and oxygen atoms in total. The van der Waals surface area contributed by atoms with Crippen molar-refractivity contribution in [2.75, 3.05) is 26.2 Å². The maximum absolute atomic E-state index is 13.3. The topological polar surface area (TPSA) is 85.3 Å². The van der Waals surface area contributed by atoms with Crippen molar-refractivity contribution in [1.29, 1.82) is 0 Å². The zero-order valence-corrected chi connectivity index (χ0v) is 19.5. The lowest BCUT2D eigenvalue weighted by Crippen LogP contribution is -2.29. The van der Waals surface area contributed by atoms with Crippen LogP contribution in [0.4, 0.5) is 5.69 Å². The van der Waals surface area contributed by atoms with Crippen molar-refractivity contribution in [2.24, 2.45) is 0 Å². The Hall–Kier alpha value is -3.97. The third-order valence-corrected chi connectivity index (χ3v) is 5.92. The molecule has 0 radical (unpaired) electrons. The van der Waals surface area contributed by atoms with E-state index in [-0.39, 0.29) is 21.9 Å². The van der Waals surface area contributed by atoms with Gasteiger partial charge in [0.2, 0.25) is 0 Å². The number of rotatable bonds is 6. The second-order valence-electron chi connectivity index (χ2n) is 7.47. The molecule has 4 rings (SSSR count). The molecule has 1 unspecified atom stereocenters. The van der Waals surface area contributed by atoms with E-state index >= 15 is 0 Å². The Morgan fingerprint density at radius 1 is 0.882 bits per heavy atom. The number of nitrogens with zero attached hydrogens (tertiary/aromatic N) is 1. The molecule has 1 aliphatic rings. The Kier molecular flexibility index (Phi) is 6.47. The third-order valence-electron chi connectivity index (χ3n) is 5.62. The van der Waals surface area contributed by atoms with E-state index in [9.17, 15) is 14.7 Å². The Bertz CT molecular complexity index is 1290. The van der Waals surface area contributed by atoms with Gasteiger partial charge in [0, 0.05) is 17.8 Å². The summed E-state index contributed by atoms with van der Waals surface area (Å²) in [5.41, 5.74) is 1.18. The van der Waals surface area contributed by atoms with Gasteiger partial charge in [0.25, 0.3) is 11.7 Å². The zero-order valence-electron chi connectivity index (χ0n) is 18.7. The van der Waals surface area contributed by atoms with Crippen LogP contribution in [0, 0.1) is 0 Å². The molecule has 0 saturated carbocycles. The average Bonchev–Trinajstić information content (AvgIpc) is 3.14. The maximum atomic E-state index is 13.3. The van der Waals surface area contributed by atoms with Gasteiger partial charge < -0.3 is 19.3 Å². The second-order valence-corrected chi connectivity index (χ2v) is 7.88. The predicted molar refractivity (Wildman–Crippen MR) is 129 cm³/mol. The molecule has 8 heteroatoms. The zero-order chi connectivity index (χ0) is 24.4. The van der Waals surface area contributed by atoms with Gasteiger partial charge in [-0.3, -0.25) is 14.5 Å². The van der Waals surface area contributed by atoms with Crippen LogP contribution < -0.4 is 19.1 Å². The fourth-order valence-corrected chi connectivity index (χ4v) is 4.24. The van der Waals surface area contributed by atoms with Crippen LogP contribution in [0.5, 0.6) is 17.2 Å². The third kappa shape index (κ3) is 3.95. The summed E-state index contributed by atoms with van der Waals surface area (Å²) in [6.07, 6.45) is 0. The number of Topliss-reactive ketones (excluding diaryl/α,β-unsaturated/α-hetero) is 1. The number of hydrogen-bond acceptors (Lipinski definition) is 6. The summed E-state index contributed by atoms with van der Waals surface area (Å²) in [5, 5.41) is 11.6. The first-order chi connectivity index (χ1) is 16.4. The van der Waals surface area contributed by atoms with Crippen LogP contribution in [0.2, 0.25) is 5.02 Å². The Labute approximate surface area is 201 Å². The fourth-order valence-electron chi connectivity index (χ4n) is 4.00. The van der Waals surface area contributed by atoms with E-state index < -0.39 is 23.5 Å². The van der Waals surface area contributed by atoms with Crippen molar-refractivity contribution in [3.05, 3.63) is 88.5 Å². The molecular weight excluding hydrogens is 458 g/mol. The Morgan fingerprint density at radius 3 is 2.24 bits per heavy atom. The Morgan fingerprint density at radius 2 is 1.59 bits per heavy atom. The minimum absolute atomic E-state index is 0.0847. The quantitative estimate of drug-likeness (QED) is 0.304. The highest BCUT2D eigenvalue weighted by atomic mass is 35.5. The largest absolute Gasteiger partial charge is 0.507 e. The van der Waals surface area contributed by atoms with Crippen LogP contribution in [-0.2, 0) is 9.59 Å². The SMILES string of the molecule is COc1cccc(N2C(=O)C(=O)/C(=C(/O)c3cc(Cl)c(OC)cc3OC)C2c2ccccc2)c1. The molecule has 0 aliphatic carbocycles. The lowest BCUT2D eigenvalue weighted by atomic mass is 9.94. The normalized spacial score (nSPS) is 17.1. The number of benzene rings is 3. The number of aliphatic hydroxyl groups excluding tert-OH is 1. The first kappa shape index (κ1) is 23.2. The summed E-state index contributed by atoms with van der Waals surface area (Å²) >= 11 is 6.30. The van der Waals surface area contributed by atoms with Crippen LogP contribution in [0.25, 0.3) is 5.76 Å². The number of halogens is 1. The average molecular weight is 480 g/mol. The van der Waals surface area contributed by atoms with Gasteiger partial charge in [-0.25, -0.2) is 0 Å². The van der Waals surface area contributed by atoms with Gasteiger partial charge >= 0.3 is 0 Å². The molecule has 1 saturated heterocycles. The summed E-state index contributed by atoms with van der Waals surface area (Å²) < 4.78 is 15.9. The smallest absolute Gasteiger partial charge is 0.300 e. The number of methoxy groups -OCH3 is 3. The highest BCUT2D eigenvalue weighted by molar-refractivity contribution is 6.51. The molecule has 174 valence electrons. The number of amides is 1. The number of carbonyl (C=O) groups excluding carboxylic acids is 2. The molecular formula is C26H22ClNO6. The number of aliphatic hydroxyl groups is 1. The number of ketones is 1. The van der Waals surface area contributed by atoms with Crippen molar-refractivity contribution >= 4 is 34.7 Å². The van der Waals surface area contributed by atoms with Crippen molar-refractivity contribution in [1.82, 2.24) is 0 Å². The molecule has 3 aromatic rings. The van der Waals surface area contributed by atoms with Gasteiger partial charge in [-0.05, 0) is 23.8 Å². The molecule has 3 aromatic carbocycles. The fraction of sp³-hybridized carbons (Fsp3) is 0.154. The molecule has 1 aliphatic heterocycles. The summed E-state index contributed by atoms with van der Waals surface area (Å²) in [4.78, 5) is 27.9. The van der Waals surface area contributed by atoms with Crippen LogP contribution in [0.15, 0.2) is 72.3 Å². The van der Waals surface area contributed by atoms with E-state index in [1.54, 1.807) is 48.5 Å². The molecule has 1 heterocycles. The molecule has 0 aromatic heterocycles. The van der Waals surface area contributed by atoms with Crippen LogP contribution in [0.1, 0.15) is 17.2 Å². The monoisotopic (exact) mass is 479 g/mol. The molecule has 1 N–H and O–H groups in total. The molecule has 1 amide bonds. The number of carbonyl (C=O) groups is 2. The minimum Gasteiger partial charge on any atom is -0.507 e. The summed E-state index contributed by atoms with van der Waals surface area (Å²) in [6, 6.07) is 17.9. The first-order valence-electron chi connectivity index (χ1n) is 10.3. The van der Waals surface area contributed by atoms with Gasteiger partial charge in [0.05, 0.1) is 43.5 Å². The first-order valence-corrected chi connectivity index (χ1v) is 10.7. The van der Waals surface area contributed by atoms with Gasteiger partial charge in [-0.15, -0.1) is 0 Å². The van der Waals surface area contributed by atoms with E-state index in [4.69, 9.17) is 25.8 Å². The minimum atomic E-state index is -0.890. The number of hydrogen-bond donors (Lipinski definition) is 1. The van der Waals surface area contributed by atoms with Crippen molar-refractivity contribution in [3.8, 4) is 17.2 Å². The lowest BCUT2D eigenvalue weighted by Gasteiger charge is -2.26. The van der Waals surface area contributed by atoms with E-state index in [0.717, 1.165) is 0 Å². The second kappa shape index (κ2) is 9.49. The number of ether oxygens (including phenoxy) is 3. The van der Waals surface area contributed by atoms with Crippen molar-refractivity contribution in [2.45, 2.75) is 6.04 Å². The lowest BCUT2D eigenvalue weighted by molar-refractivity contribution is -0.132. The van der Waals surface area contributed by atoms with E-state index in [1.165, 1.54) is 38.4 Å². The van der Waals surface area contributed by atoms with E-state index in [1.807, 2.05) is 6.07 Å². The molecule has 0 spiro atoms. The standard InChI is InChI=1S/C26H22ClNO6/c1-32-17-11-7-10-16(12-17)28-23(15-8-5-4-6-9-15)22(25(30)26(28)31)24(29)18-13-19(27)21(34-3)14-20(18)33-2/h4-14,23,29H,1-3H3/b24-22+. The number of anilines is 1. The molecule has 1 fully saturated rings. The van der Waals surface area contributed by atoms with Gasteiger partial charge in [-0.2, -0.15) is 0 Å². The van der Waals surface area contributed by atoms with Crippen LogP contribution in [-0.4, -0.2) is 38.1 Å². The summed E-state index contributed by atoms with van der Waals surface area (Å²) in [5.74, 6) is -0.913. The van der Waals surface area contributed by atoms with Crippen molar-refractivity contribution in [3.63, 3.8) is 0 Å². The maximum Gasteiger partial charge on any atom is 0.300 e. The van der Waals surface area contributed by atoms with Gasteiger partial charge in [-0.1, -0.05) is 48.0 Å². The van der Waals surface area contributed by atoms with E-state index in [0.29, 0.717) is 22.7 Å². The highest BCUT2D eigenvalue weighted by Gasteiger charge is 2.47.